The van der Waals surface area contributed by atoms with Gasteiger partial charge >= 0.3 is 0 Å². The molecule has 1 aromatic carbocycles. The SMILES string of the molecule is CCNC(=NCc1csc(-c2ccccc2)n1)NCCCCOCC.I. The molecular formula is C19H29IN4OS. The van der Waals surface area contributed by atoms with Gasteiger partial charge in [-0.25, -0.2) is 9.98 Å². The highest BCUT2D eigenvalue weighted by molar-refractivity contribution is 14.0. The van der Waals surface area contributed by atoms with E-state index in [1.165, 1.54) is 0 Å². The monoisotopic (exact) mass is 488 g/mol. The van der Waals surface area contributed by atoms with Crippen LogP contribution >= 0.6 is 35.3 Å². The van der Waals surface area contributed by atoms with E-state index >= 15 is 0 Å². The normalized spacial score (nSPS) is 11.1. The summed E-state index contributed by atoms with van der Waals surface area (Å²) >= 11 is 1.66. The lowest BCUT2D eigenvalue weighted by Gasteiger charge is -2.10. The first kappa shape index (κ1) is 22.9. The summed E-state index contributed by atoms with van der Waals surface area (Å²) in [5.41, 5.74) is 2.15. The molecule has 144 valence electrons. The number of aromatic nitrogens is 1. The Labute approximate surface area is 177 Å². The van der Waals surface area contributed by atoms with E-state index < -0.39 is 0 Å². The second-order valence-electron chi connectivity index (χ2n) is 5.54. The van der Waals surface area contributed by atoms with E-state index in [2.05, 4.69) is 45.0 Å². The van der Waals surface area contributed by atoms with Crippen LogP contribution in [-0.4, -0.2) is 37.2 Å². The van der Waals surface area contributed by atoms with Gasteiger partial charge in [-0.2, -0.15) is 0 Å². The molecule has 0 aliphatic rings. The number of halogens is 1. The largest absolute Gasteiger partial charge is 0.382 e. The van der Waals surface area contributed by atoms with Crippen molar-refractivity contribution in [1.82, 2.24) is 15.6 Å². The summed E-state index contributed by atoms with van der Waals surface area (Å²) in [5.74, 6) is 0.841. The molecule has 2 rings (SSSR count). The fraction of sp³-hybridized carbons (Fsp3) is 0.474. The summed E-state index contributed by atoms with van der Waals surface area (Å²) in [6.07, 6.45) is 2.13. The summed E-state index contributed by atoms with van der Waals surface area (Å²) in [5, 5.41) is 9.76. The Kier molecular flexibility index (Phi) is 12.3. The summed E-state index contributed by atoms with van der Waals surface area (Å²) in [7, 11) is 0. The maximum Gasteiger partial charge on any atom is 0.191 e. The van der Waals surface area contributed by atoms with Crippen molar-refractivity contribution in [3.8, 4) is 10.6 Å². The molecule has 0 spiro atoms. The third kappa shape index (κ3) is 8.46. The fourth-order valence-electron chi connectivity index (χ4n) is 2.27. The Morgan fingerprint density at radius 2 is 1.96 bits per heavy atom. The van der Waals surface area contributed by atoms with Crippen LogP contribution in [0.4, 0.5) is 0 Å². The van der Waals surface area contributed by atoms with Gasteiger partial charge in [0.1, 0.15) is 5.01 Å². The Bertz CT molecular complexity index is 633. The third-order valence-corrected chi connectivity index (χ3v) is 4.47. The number of rotatable bonds is 10. The van der Waals surface area contributed by atoms with Crippen molar-refractivity contribution in [3.63, 3.8) is 0 Å². The molecule has 0 bridgehead atoms. The van der Waals surface area contributed by atoms with Gasteiger partial charge in [0.15, 0.2) is 5.96 Å². The van der Waals surface area contributed by atoms with Gasteiger partial charge in [-0.3, -0.25) is 0 Å². The van der Waals surface area contributed by atoms with E-state index in [-0.39, 0.29) is 24.0 Å². The molecule has 0 aliphatic carbocycles. The lowest BCUT2D eigenvalue weighted by atomic mass is 10.2. The van der Waals surface area contributed by atoms with Gasteiger partial charge in [0.2, 0.25) is 0 Å². The molecule has 1 aromatic heterocycles. The van der Waals surface area contributed by atoms with Crippen LogP contribution in [0.2, 0.25) is 0 Å². The van der Waals surface area contributed by atoms with E-state index in [1.54, 1.807) is 11.3 Å². The molecule has 5 nitrogen and oxygen atoms in total. The lowest BCUT2D eigenvalue weighted by Crippen LogP contribution is -2.37. The standard InChI is InChI=1S/C19H28N4OS.HI/c1-3-20-19(21-12-8-9-13-24-4-2)22-14-17-15-25-18(23-17)16-10-6-5-7-11-16;/h5-7,10-11,15H,3-4,8-9,12-14H2,1-2H3,(H2,20,21,22);1H. The minimum absolute atomic E-state index is 0. The number of benzene rings is 1. The van der Waals surface area contributed by atoms with Gasteiger partial charge in [-0.1, -0.05) is 30.3 Å². The fourth-order valence-corrected chi connectivity index (χ4v) is 3.09. The van der Waals surface area contributed by atoms with Crippen LogP contribution in [0.1, 0.15) is 32.4 Å². The second kappa shape index (κ2) is 13.9. The Hall–Kier alpha value is -1.19. The first-order chi connectivity index (χ1) is 12.3. The average molecular weight is 488 g/mol. The third-order valence-electron chi connectivity index (χ3n) is 3.53. The maximum absolute atomic E-state index is 5.35. The van der Waals surface area contributed by atoms with E-state index in [4.69, 9.17) is 4.74 Å². The van der Waals surface area contributed by atoms with Crippen molar-refractivity contribution in [1.29, 1.82) is 0 Å². The second-order valence-corrected chi connectivity index (χ2v) is 6.39. The number of nitrogens with zero attached hydrogens (tertiary/aromatic N) is 2. The van der Waals surface area contributed by atoms with Gasteiger partial charge in [-0.15, -0.1) is 35.3 Å². The Morgan fingerprint density at radius 3 is 2.69 bits per heavy atom. The zero-order valence-electron chi connectivity index (χ0n) is 15.5. The molecule has 26 heavy (non-hydrogen) atoms. The molecule has 0 saturated carbocycles. The predicted molar refractivity (Wildman–Crippen MR) is 122 cm³/mol. The highest BCUT2D eigenvalue weighted by Gasteiger charge is 2.04. The van der Waals surface area contributed by atoms with Gasteiger partial charge < -0.3 is 15.4 Å². The predicted octanol–water partition coefficient (Wildman–Crippen LogP) is 4.30. The van der Waals surface area contributed by atoms with Crippen LogP contribution in [0, 0.1) is 0 Å². The molecule has 7 heteroatoms. The van der Waals surface area contributed by atoms with E-state index in [0.717, 1.165) is 61.4 Å². The molecule has 2 N–H and O–H groups in total. The van der Waals surface area contributed by atoms with Crippen molar-refractivity contribution >= 4 is 41.3 Å². The van der Waals surface area contributed by atoms with Gasteiger partial charge in [-0.05, 0) is 26.7 Å². The highest BCUT2D eigenvalue weighted by atomic mass is 127. The number of unbranched alkanes of at least 4 members (excludes halogenated alkanes) is 1. The van der Waals surface area contributed by atoms with Gasteiger partial charge in [0, 0.05) is 37.2 Å². The molecule has 0 unspecified atom stereocenters. The number of hydrogen-bond acceptors (Lipinski definition) is 4. The van der Waals surface area contributed by atoms with Crippen LogP contribution in [0.25, 0.3) is 10.6 Å². The van der Waals surface area contributed by atoms with Crippen molar-refractivity contribution in [2.75, 3.05) is 26.3 Å². The number of ether oxygens (including phenoxy) is 1. The summed E-state index contributed by atoms with van der Waals surface area (Å²) in [6.45, 7) is 8.03. The zero-order valence-corrected chi connectivity index (χ0v) is 18.7. The summed E-state index contributed by atoms with van der Waals surface area (Å²) in [4.78, 5) is 9.31. The molecule has 0 atom stereocenters. The van der Waals surface area contributed by atoms with E-state index in [0.29, 0.717) is 6.54 Å². The molecule has 2 aromatic rings. The highest BCUT2D eigenvalue weighted by Crippen LogP contribution is 2.23. The van der Waals surface area contributed by atoms with E-state index in [1.807, 2.05) is 25.1 Å². The maximum atomic E-state index is 5.35. The molecular weight excluding hydrogens is 459 g/mol. The first-order valence-corrected chi connectivity index (χ1v) is 9.81. The topological polar surface area (TPSA) is 58.5 Å². The lowest BCUT2D eigenvalue weighted by molar-refractivity contribution is 0.143. The van der Waals surface area contributed by atoms with Gasteiger partial charge in [0.25, 0.3) is 0 Å². The summed E-state index contributed by atoms with van der Waals surface area (Å²) < 4.78 is 5.35. The molecule has 0 amide bonds. The number of hydrogen-bond donors (Lipinski definition) is 2. The molecule has 0 saturated heterocycles. The minimum Gasteiger partial charge on any atom is -0.382 e. The number of thiazole rings is 1. The van der Waals surface area contributed by atoms with Crippen LogP contribution in [0.3, 0.4) is 0 Å². The minimum atomic E-state index is 0. The quantitative estimate of drug-likeness (QED) is 0.227. The Balaban J connectivity index is 0.00000338. The number of guanidine groups is 1. The summed E-state index contributed by atoms with van der Waals surface area (Å²) in [6, 6.07) is 10.3. The van der Waals surface area contributed by atoms with E-state index in [9.17, 15) is 0 Å². The first-order valence-electron chi connectivity index (χ1n) is 8.93. The van der Waals surface area contributed by atoms with Crippen LogP contribution < -0.4 is 10.6 Å². The van der Waals surface area contributed by atoms with Crippen LogP contribution in [0.5, 0.6) is 0 Å². The molecule has 0 radical (unpaired) electrons. The molecule has 1 heterocycles. The van der Waals surface area contributed by atoms with Crippen LogP contribution in [0.15, 0.2) is 40.7 Å². The van der Waals surface area contributed by atoms with Crippen molar-refractivity contribution in [3.05, 3.63) is 41.4 Å². The van der Waals surface area contributed by atoms with Crippen LogP contribution in [-0.2, 0) is 11.3 Å². The number of nitrogens with one attached hydrogen (secondary N) is 2. The van der Waals surface area contributed by atoms with Gasteiger partial charge in [0.05, 0.1) is 12.2 Å². The van der Waals surface area contributed by atoms with Crippen molar-refractivity contribution < 1.29 is 4.74 Å². The smallest absolute Gasteiger partial charge is 0.191 e. The van der Waals surface area contributed by atoms with Crippen molar-refractivity contribution in [2.24, 2.45) is 4.99 Å². The average Bonchev–Trinajstić information content (AvgIpc) is 3.12. The molecule has 0 fully saturated rings. The zero-order chi connectivity index (χ0) is 17.7. The van der Waals surface area contributed by atoms with Crippen molar-refractivity contribution in [2.45, 2.75) is 33.2 Å². The Morgan fingerprint density at radius 1 is 1.15 bits per heavy atom. The number of aliphatic imine (C=N–C) groups is 1. The molecule has 0 aliphatic heterocycles.